The number of ether oxygens (including phenoxy) is 1. The van der Waals surface area contributed by atoms with Crippen LogP contribution in [0.15, 0.2) is 12.1 Å². The third kappa shape index (κ3) is 4.76. The van der Waals surface area contributed by atoms with Gasteiger partial charge in [0.2, 0.25) is 5.88 Å². The summed E-state index contributed by atoms with van der Waals surface area (Å²) < 4.78 is 5.74. The second-order valence-corrected chi connectivity index (χ2v) is 5.42. The van der Waals surface area contributed by atoms with Gasteiger partial charge in [-0.15, -0.1) is 0 Å². The Morgan fingerprint density at radius 3 is 2.65 bits per heavy atom. The van der Waals surface area contributed by atoms with Gasteiger partial charge in [-0.25, -0.2) is 4.98 Å². The molecule has 1 aliphatic carbocycles. The second kappa shape index (κ2) is 7.60. The molecule has 0 atom stereocenters. The minimum Gasteiger partial charge on any atom is -0.476 e. The molecule has 20 heavy (non-hydrogen) atoms. The summed E-state index contributed by atoms with van der Waals surface area (Å²) in [6.07, 6.45) is 2.64. The van der Waals surface area contributed by atoms with E-state index >= 15 is 0 Å². The van der Waals surface area contributed by atoms with Crippen molar-refractivity contribution < 1.29 is 4.74 Å². The fourth-order valence-corrected chi connectivity index (χ4v) is 2.19. The molecule has 0 spiro atoms. The molecule has 1 saturated carbocycles. The summed E-state index contributed by atoms with van der Waals surface area (Å²) in [4.78, 5) is 6.89. The summed E-state index contributed by atoms with van der Waals surface area (Å²) in [5, 5.41) is 3.52. The molecular weight excluding hydrogens is 250 g/mol. The van der Waals surface area contributed by atoms with Crippen molar-refractivity contribution in [2.24, 2.45) is 0 Å². The Morgan fingerprint density at radius 1 is 1.30 bits per heavy atom. The minimum absolute atomic E-state index is 0.702. The highest BCUT2D eigenvalue weighted by Crippen LogP contribution is 2.20. The van der Waals surface area contributed by atoms with Gasteiger partial charge >= 0.3 is 0 Å². The van der Waals surface area contributed by atoms with E-state index in [1.54, 1.807) is 0 Å². The van der Waals surface area contributed by atoms with Gasteiger partial charge in [-0.3, -0.25) is 0 Å². The molecule has 112 valence electrons. The van der Waals surface area contributed by atoms with Gasteiger partial charge in [0.05, 0.1) is 0 Å². The van der Waals surface area contributed by atoms with Crippen molar-refractivity contribution in [3.05, 3.63) is 23.4 Å². The van der Waals surface area contributed by atoms with Crippen molar-refractivity contribution in [3.8, 4) is 5.88 Å². The number of pyridine rings is 1. The van der Waals surface area contributed by atoms with Gasteiger partial charge in [-0.1, -0.05) is 19.9 Å². The molecule has 2 rings (SSSR count). The molecule has 0 amide bonds. The van der Waals surface area contributed by atoms with Crippen LogP contribution in [0.4, 0.5) is 0 Å². The number of aryl methyl sites for hydroxylation is 1. The van der Waals surface area contributed by atoms with Gasteiger partial charge in [-0.2, -0.15) is 0 Å². The summed E-state index contributed by atoms with van der Waals surface area (Å²) in [5.41, 5.74) is 2.34. The Hall–Kier alpha value is -1.13. The third-order valence-electron chi connectivity index (χ3n) is 3.88. The van der Waals surface area contributed by atoms with Gasteiger partial charge in [0, 0.05) is 30.9 Å². The number of aromatic nitrogens is 1. The van der Waals surface area contributed by atoms with Crippen LogP contribution >= 0.6 is 0 Å². The Kier molecular flexibility index (Phi) is 5.80. The van der Waals surface area contributed by atoms with Crippen molar-refractivity contribution in [2.75, 3.05) is 26.2 Å². The fourth-order valence-electron chi connectivity index (χ4n) is 2.19. The smallest absolute Gasteiger partial charge is 0.213 e. The first-order valence-corrected chi connectivity index (χ1v) is 7.78. The lowest BCUT2D eigenvalue weighted by Gasteiger charge is -2.18. The number of nitrogens with zero attached hydrogens (tertiary/aromatic N) is 2. The van der Waals surface area contributed by atoms with Gasteiger partial charge in [-0.05, 0) is 38.4 Å². The number of nitrogens with one attached hydrogen (secondary N) is 1. The highest BCUT2D eigenvalue weighted by Gasteiger charge is 2.20. The van der Waals surface area contributed by atoms with E-state index in [-0.39, 0.29) is 0 Å². The van der Waals surface area contributed by atoms with Crippen LogP contribution in [0.25, 0.3) is 0 Å². The predicted octanol–water partition coefficient (Wildman–Crippen LogP) is 2.36. The van der Waals surface area contributed by atoms with Crippen LogP contribution in [0.5, 0.6) is 5.88 Å². The van der Waals surface area contributed by atoms with Crippen molar-refractivity contribution in [3.63, 3.8) is 0 Å². The molecule has 4 heteroatoms. The zero-order valence-corrected chi connectivity index (χ0v) is 13.0. The van der Waals surface area contributed by atoms with Gasteiger partial charge in [0.25, 0.3) is 0 Å². The number of rotatable bonds is 9. The lowest BCUT2D eigenvalue weighted by Crippen LogP contribution is -2.28. The predicted molar refractivity (Wildman–Crippen MR) is 82.1 cm³/mol. The summed E-state index contributed by atoms with van der Waals surface area (Å²) in [6, 6.07) is 4.85. The van der Waals surface area contributed by atoms with Crippen LogP contribution in [-0.4, -0.2) is 42.2 Å². The third-order valence-corrected chi connectivity index (χ3v) is 3.88. The van der Waals surface area contributed by atoms with E-state index in [4.69, 9.17) is 4.74 Å². The molecule has 1 aromatic heterocycles. The summed E-state index contributed by atoms with van der Waals surface area (Å²) in [7, 11) is 0. The van der Waals surface area contributed by atoms with E-state index in [9.17, 15) is 0 Å². The van der Waals surface area contributed by atoms with Gasteiger partial charge in [0.15, 0.2) is 0 Å². The van der Waals surface area contributed by atoms with E-state index in [2.05, 4.69) is 42.0 Å². The van der Waals surface area contributed by atoms with Crippen LogP contribution in [0, 0.1) is 6.92 Å². The highest BCUT2D eigenvalue weighted by molar-refractivity contribution is 5.25. The van der Waals surface area contributed by atoms with E-state index in [0.717, 1.165) is 43.8 Å². The Morgan fingerprint density at radius 2 is 2.05 bits per heavy atom. The quantitative estimate of drug-likeness (QED) is 0.752. The highest BCUT2D eigenvalue weighted by atomic mass is 16.5. The first-order valence-electron chi connectivity index (χ1n) is 7.78. The molecule has 1 aliphatic rings. The van der Waals surface area contributed by atoms with Crippen LogP contribution in [0.3, 0.4) is 0 Å². The maximum absolute atomic E-state index is 5.74. The second-order valence-electron chi connectivity index (χ2n) is 5.42. The minimum atomic E-state index is 0.702. The first kappa shape index (κ1) is 15.3. The molecular formula is C16H27N3O. The SMILES string of the molecule is CCN(CC)CCOc1ccc(CNC2CC2)c(C)n1. The summed E-state index contributed by atoms with van der Waals surface area (Å²) in [5.74, 6) is 0.741. The van der Waals surface area contributed by atoms with Crippen LogP contribution in [-0.2, 0) is 6.54 Å². The van der Waals surface area contributed by atoms with Crippen molar-refractivity contribution in [1.82, 2.24) is 15.2 Å². The fraction of sp³-hybridized carbons (Fsp3) is 0.688. The maximum Gasteiger partial charge on any atom is 0.213 e. The first-order chi connectivity index (χ1) is 9.72. The normalized spacial score (nSPS) is 14.8. The lowest BCUT2D eigenvalue weighted by molar-refractivity contribution is 0.217. The molecule has 0 aliphatic heterocycles. The average Bonchev–Trinajstić information content (AvgIpc) is 3.27. The number of hydrogen-bond donors (Lipinski definition) is 1. The Bertz CT molecular complexity index is 414. The summed E-state index contributed by atoms with van der Waals surface area (Å²) in [6.45, 7) is 11.1. The van der Waals surface area contributed by atoms with E-state index in [1.165, 1.54) is 18.4 Å². The molecule has 0 aromatic carbocycles. The average molecular weight is 277 g/mol. The Labute approximate surface area is 122 Å². The Balaban J connectivity index is 1.78. The molecule has 1 fully saturated rings. The molecule has 0 bridgehead atoms. The van der Waals surface area contributed by atoms with Crippen LogP contribution in [0.1, 0.15) is 37.9 Å². The maximum atomic E-state index is 5.74. The lowest BCUT2D eigenvalue weighted by atomic mass is 10.2. The molecule has 0 saturated heterocycles. The van der Waals surface area contributed by atoms with Crippen LogP contribution < -0.4 is 10.1 Å². The molecule has 0 unspecified atom stereocenters. The van der Waals surface area contributed by atoms with Crippen LogP contribution in [0.2, 0.25) is 0 Å². The molecule has 0 radical (unpaired) electrons. The standard InChI is InChI=1S/C16H27N3O/c1-4-19(5-2)10-11-20-16-9-6-14(13(3)18-16)12-17-15-7-8-15/h6,9,15,17H,4-5,7-8,10-12H2,1-3H3. The number of likely N-dealkylation sites (N-methyl/N-ethyl adjacent to an activating group) is 1. The number of hydrogen-bond acceptors (Lipinski definition) is 4. The van der Waals surface area contributed by atoms with Crippen molar-refractivity contribution in [1.29, 1.82) is 0 Å². The van der Waals surface area contributed by atoms with E-state index < -0.39 is 0 Å². The topological polar surface area (TPSA) is 37.4 Å². The zero-order chi connectivity index (χ0) is 14.4. The van der Waals surface area contributed by atoms with E-state index in [0.29, 0.717) is 6.61 Å². The van der Waals surface area contributed by atoms with Crippen molar-refractivity contribution >= 4 is 0 Å². The summed E-state index contributed by atoms with van der Waals surface area (Å²) >= 11 is 0. The monoisotopic (exact) mass is 277 g/mol. The zero-order valence-electron chi connectivity index (χ0n) is 13.0. The molecule has 1 aromatic rings. The molecule has 1 heterocycles. The molecule has 1 N–H and O–H groups in total. The molecule has 4 nitrogen and oxygen atoms in total. The van der Waals surface area contributed by atoms with Crippen molar-refractivity contribution in [2.45, 2.75) is 46.2 Å². The van der Waals surface area contributed by atoms with Gasteiger partial charge in [0.1, 0.15) is 6.61 Å². The van der Waals surface area contributed by atoms with Gasteiger partial charge < -0.3 is 15.0 Å². The largest absolute Gasteiger partial charge is 0.476 e. The van der Waals surface area contributed by atoms with E-state index in [1.807, 2.05) is 6.07 Å².